The molecule has 0 radical (unpaired) electrons. The molecule has 0 aromatic carbocycles. The van der Waals surface area contributed by atoms with Crippen molar-refractivity contribution in [3.8, 4) is 0 Å². The van der Waals surface area contributed by atoms with Gasteiger partial charge in [0, 0.05) is 44.8 Å². The Hall–Kier alpha value is -0.120. The minimum absolute atomic E-state index is 0.716. The maximum atomic E-state index is 3.49. The van der Waals surface area contributed by atoms with Gasteiger partial charge in [-0.3, -0.25) is 4.90 Å². The lowest BCUT2D eigenvalue weighted by Crippen LogP contribution is -2.50. The minimum Gasteiger partial charge on any atom is -0.317 e. The number of rotatable bonds is 4. The van der Waals surface area contributed by atoms with Crippen molar-refractivity contribution in [1.82, 2.24) is 15.1 Å². The molecule has 3 nitrogen and oxygen atoms in total. The lowest BCUT2D eigenvalue weighted by molar-refractivity contribution is 0.0941. The molecule has 2 atom stereocenters. The van der Waals surface area contributed by atoms with E-state index in [1.807, 2.05) is 0 Å². The van der Waals surface area contributed by atoms with Crippen molar-refractivity contribution in [1.29, 1.82) is 0 Å². The van der Waals surface area contributed by atoms with Crippen LogP contribution in [0.2, 0.25) is 0 Å². The Morgan fingerprint density at radius 1 is 1.12 bits per heavy atom. The first-order valence-corrected chi connectivity index (χ1v) is 7.34. The van der Waals surface area contributed by atoms with Gasteiger partial charge in [-0.1, -0.05) is 6.42 Å². The van der Waals surface area contributed by atoms with Crippen LogP contribution in [0.15, 0.2) is 0 Å². The molecule has 17 heavy (non-hydrogen) atoms. The van der Waals surface area contributed by atoms with Crippen LogP contribution in [0.3, 0.4) is 0 Å². The van der Waals surface area contributed by atoms with E-state index < -0.39 is 0 Å². The third-order valence-electron chi connectivity index (χ3n) is 4.66. The van der Waals surface area contributed by atoms with E-state index in [0.29, 0.717) is 6.04 Å². The number of nitrogens with one attached hydrogen (secondary N) is 1. The third kappa shape index (κ3) is 3.43. The largest absolute Gasteiger partial charge is 0.317 e. The molecule has 0 bridgehead atoms. The molecule has 2 rings (SSSR count). The van der Waals surface area contributed by atoms with Gasteiger partial charge in [-0.05, 0) is 39.7 Å². The van der Waals surface area contributed by atoms with Crippen molar-refractivity contribution in [2.45, 2.75) is 45.2 Å². The lowest BCUT2D eigenvalue weighted by atomic mass is 10.0. The first kappa shape index (κ1) is 13.3. The summed E-state index contributed by atoms with van der Waals surface area (Å²) in [4.78, 5) is 5.28. The SMILES string of the molecule is CNC1CCCC1CN1CCN(C(C)C)CC1. The molecule has 1 aliphatic heterocycles. The van der Waals surface area contributed by atoms with Crippen molar-refractivity contribution in [3.63, 3.8) is 0 Å². The fourth-order valence-electron chi connectivity index (χ4n) is 3.43. The van der Waals surface area contributed by atoms with Gasteiger partial charge in [0.1, 0.15) is 0 Å². The molecule has 100 valence electrons. The molecule has 1 N–H and O–H groups in total. The molecule has 1 heterocycles. The molecule has 1 aliphatic carbocycles. The van der Waals surface area contributed by atoms with Crippen molar-refractivity contribution in [2.24, 2.45) is 5.92 Å². The van der Waals surface area contributed by atoms with E-state index in [1.54, 1.807) is 0 Å². The molecule has 0 spiro atoms. The van der Waals surface area contributed by atoms with Crippen molar-refractivity contribution in [3.05, 3.63) is 0 Å². The van der Waals surface area contributed by atoms with Crippen LogP contribution in [0.25, 0.3) is 0 Å². The summed E-state index contributed by atoms with van der Waals surface area (Å²) in [5.41, 5.74) is 0. The monoisotopic (exact) mass is 239 g/mol. The lowest BCUT2D eigenvalue weighted by Gasteiger charge is -2.38. The van der Waals surface area contributed by atoms with Gasteiger partial charge in [-0.25, -0.2) is 0 Å². The summed E-state index contributed by atoms with van der Waals surface area (Å²) in [5.74, 6) is 0.894. The van der Waals surface area contributed by atoms with E-state index in [2.05, 4.69) is 36.0 Å². The Balaban J connectivity index is 1.74. The predicted octanol–water partition coefficient (Wildman–Crippen LogP) is 1.40. The fourth-order valence-corrected chi connectivity index (χ4v) is 3.43. The molecular weight excluding hydrogens is 210 g/mol. The Bertz CT molecular complexity index is 222. The third-order valence-corrected chi connectivity index (χ3v) is 4.66. The fraction of sp³-hybridized carbons (Fsp3) is 1.00. The second-order valence-corrected chi connectivity index (χ2v) is 6.02. The standard InChI is InChI=1S/C14H29N3/c1-12(2)17-9-7-16(8-10-17)11-13-5-4-6-14(13)15-3/h12-15H,4-11H2,1-3H3. The van der Waals surface area contributed by atoms with Crippen LogP contribution < -0.4 is 5.32 Å². The quantitative estimate of drug-likeness (QED) is 0.800. The molecule has 1 saturated heterocycles. The summed E-state index contributed by atoms with van der Waals surface area (Å²) in [5, 5.41) is 3.49. The Labute approximate surface area is 107 Å². The summed E-state index contributed by atoms with van der Waals surface area (Å²) in [6.45, 7) is 11.0. The highest BCUT2D eigenvalue weighted by Gasteiger charge is 2.28. The zero-order valence-electron chi connectivity index (χ0n) is 11.8. The zero-order valence-corrected chi connectivity index (χ0v) is 11.8. The van der Waals surface area contributed by atoms with Gasteiger partial charge in [0.15, 0.2) is 0 Å². The summed E-state index contributed by atoms with van der Waals surface area (Å²) in [6, 6.07) is 1.49. The summed E-state index contributed by atoms with van der Waals surface area (Å²) in [6.07, 6.45) is 4.23. The summed E-state index contributed by atoms with van der Waals surface area (Å²) < 4.78 is 0. The molecule has 3 heteroatoms. The Morgan fingerprint density at radius 3 is 2.41 bits per heavy atom. The molecule has 0 aromatic rings. The molecule has 0 aromatic heterocycles. The van der Waals surface area contributed by atoms with Crippen LogP contribution >= 0.6 is 0 Å². The van der Waals surface area contributed by atoms with E-state index in [0.717, 1.165) is 12.0 Å². The van der Waals surface area contributed by atoms with Crippen LogP contribution in [0.4, 0.5) is 0 Å². The maximum Gasteiger partial charge on any atom is 0.0113 e. The van der Waals surface area contributed by atoms with E-state index in [9.17, 15) is 0 Å². The summed E-state index contributed by atoms with van der Waals surface area (Å²) >= 11 is 0. The van der Waals surface area contributed by atoms with Crippen LogP contribution in [-0.4, -0.2) is 61.7 Å². The molecule has 2 fully saturated rings. The van der Waals surface area contributed by atoms with E-state index in [-0.39, 0.29) is 0 Å². The first-order chi connectivity index (χ1) is 8.20. The number of piperazine rings is 1. The van der Waals surface area contributed by atoms with Gasteiger partial charge in [-0.15, -0.1) is 0 Å². The number of nitrogens with zero attached hydrogens (tertiary/aromatic N) is 2. The predicted molar refractivity (Wildman–Crippen MR) is 73.3 cm³/mol. The molecule has 2 aliphatic rings. The second-order valence-electron chi connectivity index (χ2n) is 6.02. The maximum absolute atomic E-state index is 3.49. The second kappa shape index (κ2) is 6.17. The molecule has 0 amide bonds. The average molecular weight is 239 g/mol. The average Bonchev–Trinajstić information content (AvgIpc) is 2.77. The zero-order chi connectivity index (χ0) is 12.3. The van der Waals surface area contributed by atoms with E-state index in [1.165, 1.54) is 52.0 Å². The molecule has 1 saturated carbocycles. The van der Waals surface area contributed by atoms with Gasteiger partial charge in [0.2, 0.25) is 0 Å². The van der Waals surface area contributed by atoms with E-state index in [4.69, 9.17) is 0 Å². The van der Waals surface area contributed by atoms with Crippen LogP contribution in [0, 0.1) is 5.92 Å². The number of hydrogen-bond acceptors (Lipinski definition) is 3. The topological polar surface area (TPSA) is 18.5 Å². The van der Waals surface area contributed by atoms with Crippen molar-refractivity contribution < 1.29 is 0 Å². The van der Waals surface area contributed by atoms with Crippen LogP contribution in [-0.2, 0) is 0 Å². The van der Waals surface area contributed by atoms with Gasteiger partial charge < -0.3 is 10.2 Å². The van der Waals surface area contributed by atoms with Gasteiger partial charge in [0.25, 0.3) is 0 Å². The number of hydrogen-bond donors (Lipinski definition) is 1. The Morgan fingerprint density at radius 2 is 1.82 bits per heavy atom. The molecule has 2 unspecified atom stereocenters. The highest BCUT2D eigenvalue weighted by atomic mass is 15.3. The van der Waals surface area contributed by atoms with E-state index >= 15 is 0 Å². The van der Waals surface area contributed by atoms with Gasteiger partial charge in [-0.2, -0.15) is 0 Å². The van der Waals surface area contributed by atoms with Crippen LogP contribution in [0.5, 0.6) is 0 Å². The summed E-state index contributed by atoms with van der Waals surface area (Å²) in [7, 11) is 2.12. The van der Waals surface area contributed by atoms with Crippen LogP contribution in [0.1, 0.15) is 33.1 Å². The van der Waals surface area contributed by atoms with Gasteiger partial charge in [0.05, 0.1) is 0 Å². The smallest absolute Gasteiger partial charge is 0.0113 e. The minimum atomic E-state index is 0.716. The van der Waals surface area contributed by atoms with Gasteiger partial charge >= 0.3 is 0 Å². The van der Waals surface area contributed by atoms with Crippen molar-refractivity contribution >= 4 is 0 Å². The van der Waals surface area contributed by atoms with Crippen molar-refractivity contribution in [2.75, 3.05) is 39.8 Å². The normalized spacial score (nSPS) is 32.5. The highest BCUT2D eigenvalue weighted by Crippen LogP contribution is 2.26. The molecular formula is C14H29N3. The first-order valence-electron chi connectivity index (χ1n) is 7.34. The Kier molecular flexibility index (Phi) is 4.83. The highest BCUT2D eigenvalue weighted by molar-refractivity contribution is 4.85.